The second kappa shape index (κ2) is 5.53. The molecule has 4 nitrogen and oxygen atoms in total. The number of aliphatic carboxylic acids is 1. The topological polar surface area (TPSA) is 53.4 Å². The van der Waals surface area contributed by atoms with Crippen LogP contribution in [0, 0.1) is 11.8 Å². The average molecular weight is 305 g/mol. The third-order valence-corrected chi connectivity index (χ3v) is 4.48. The van der Waals surface area contributed by atoms with Crippen molar-refractivity contribution in [2.75, 3.05) is 18.0 Å². The molecule has 2 unspecified atom stereocenters. The standard InChI is InChI=1S/C16H17ClN2O2/c1-10-9-19(7-5-12(10)16(20)21)15-4-6-18-14-3-2-11(17)8-13(14)15/h2-4,6,8,10,12H,5,7,9H2,1H3,(H,20,21). The van der Waals surface area contributed by atoms with Crippen LogP contribution in [-0.2, 0) is 4.79 Å². The van der Waals surface area contributed by atoms with Gasteiger partial charge in [-0.15, -0.1) is 0 Å². The largest absolute Gasteiger partial charge is 0.481 e. The van der Waals surface area contributed by atoms with Crippen molar-refractivity contribution in [3.05, 3.63) is 35.5 Å². The van der Waals surface area contributed by atoms with Gasteiger partial charge in [-0.2, -0.15) is 0 Å². The molecule has 0 amide bonds. The normalized spacial score (nSPS) is 22.5. The Morgan fingerprint density at radius 3 is 2.95 bits per heavy atom. The fraction of sp³-hybridized carbons (Fsp3) is 0.375. The van der Waals surface area contributed by atoms with Gasteiger partial charge in [-0.25, -0.2) is 0 Å². The number of hydrogen-bond acceptors (Lipinski definition) is 3. The predicted molar refractivity (Wildman–Crippen MR) is 83.9 cm³/mol. The number of pyridine rings is 1. The summed E-state index contributed by atoms with van der Waals surface area (Å²) in [5.41, 5.74) is 1.99. The third kappa shape index (κ3) is 2.68. The van der Waals surface area contributed by atoms with Gasteiger partial charge in [0.1, 0.15) is 0 Å². The Morgan fingerprint density at radius 2 is 2.24 bits per heavy atom. The van der Waals surface area contributed by atoms with E-state index >= 15 is 0 Å². The molecule has 2 heterocycles. The molecule has 0 radical (unpaired) electrons. The molecule has 1 aromatic carbocycles. The minimum atomic E-state index is -0.690. The van der Waals surface area contributed by atoms with E-state index in [1.807, 2.05) is 31.2 Å². The Hall–Kier alpha value is -1.81. The zero-order chi connectivity index (χ0) is 15.0. The quantitative estimate of drug-likeness (QED) is 0.923. The van der Waals surface area contributed by atoms with Crippen LogP contribution in [-0.4, -0.2) is 29.1 Å². The first-order valence-electron chi connectivity index (χ1n) is 7.08. The Kier molecular flexibility index (Phi) is 3.72. The van der Waals surface area contributed by atoms with E-state index in [1.165, 1.54) is 0 Å². The molecule has 3 rings (SSSR count). The first-order chi connectivity index (χ1) is 10.1. The van der Waals surface area contributed by atoms with Crippen LogP contribution in [0.15, 0.2) is 30.5 Å². The molecule has 110 valence electrons. The van der Waals surface area contributed by atoms with Gasteiger partial charge in [0.15, 0.2) is 0 Å². The number of benzene rings is 1. The molecular weight excluding hydrogens is 288 g/mol. The van der Waals surface area contributed by atoms with Gasteiger partial charge in [0.05, 0.1) is 11.4 Å². The molecule has 21 heavy (non-hydrogen) atoms. The van der Waals surface area contributed by atoms with Crippen LogP contribution < -0.4 is 4.90 Å². The summed E-state index contributed by atoms with van der Waals surface area (Å²) in [6, 6.07) is 7.65. The number of hydrogen-bond donors (Lipinski definition) is 1. The summed E-state index contributed by atoms with van der Waals surface area (Å²) in [5.74, 6) is -0.818. The second-order valence-corrected chi connectivity index (χ2v) is 6.08. The third-order valence-electron chi connectivity index (χ3n) is 4.24. The molecule has 2 aromatic rings. The summed E-state index contributed by atoms with van der Waals surface area (Å²) in [6.45, 7) is 3.48. The maximum Gasteiger partial charge on any atom is 0.306 e. The maximum atomic E-state index is 11.2. The number of carboxylic acids is 1. The molecule has 2 atom stereocenters. The lowest BCUT2D eigenvalue weighted by molar-refractivity contribution is -0.144. The van der Waals surface area contributed by atoms with E-state index in [1.54, 1.807) is 6.20 Å². The highest BCUT2D eigenvalue weighted by molar-refractivity contribution is 6.31. The summed E-state index contributed by atoms with van der Waals surface area (Å²) in [6.07, 6.45) is 2.46. The number of rotatable bonds is 2. The van der Waals surface area contributed by atoms with Crippen molar-refractivity contribution in [3.8, 4) is 0 Å². The summed E-state index contributed by atoms with van der Waals surface area (Å²) in [5, 5.41) is 10.9. The molecule has 5 heteroatoms. The van der Waals surface area contributed by atoms with E-state index in [4.69, 9.17) is 11.6 Å². The van der Waals surface area contributed by atoms with Crippen LogP contribution in [0.25, 0.3) is 10.9 Å². The van der Waals surface area contributed by atoms with Crippen LogP contribution in [0.1, 0.15) is 13.3 Å². The van der Waals surface area contributed by atoms with Gasteiger partial charge < -0.3 is 10.0 Å². The lowest BCUT2D eigenvalue weighted by Crippen LogP contribution is -2.42. The van der Waals surface area contributed by atoms with Gasteiger partial charge in [0, 0.05) is 35.4 Å². The monoisotopic (exact) mass is 304 g/mol. The number of carboxylic acid groups (broad SMARTS) is 1. The number of anilines is 1. The minimum Gasteiger partial charge on any atom is -0.481 e. The Morgan fingerprint density at radius 1 is 1.43 bits per heavy atom. The van der Waals surface area contributed by atoms with Gasteiger partial charge >= 0.3 is 5.97 Å². The van der Waals surface area contributed by atoms with E-state index in [0.29, 0.717) is 11.4 Å². The Labute approximate surface area is 128 Å². The average Bonchev–Trinajstić information content (AvgIpc) is 2.46. The van der Waals surface area contributed by atoms with Crippen LogP contribution in [0.3, 0.4) is 0 Å². The van der Waals surface area contributed by atoms with Crippen molar-refractivity contribution in [2.24, 2.45) is 11.8 Å². The van der Waals surface area contributed by atoms with Crippen molar-refractivity contribution >= 4 is 34.2 Å². The molecule has 1 aromatic heterocycles. The predicted octanol–water partition coefficient (Wildman–Crippen LogP) is 3.44. The number of piperidine rings is 1. The van der Waals surface area contributed by atoms with E-state index in [9.17, 15) is 9.90 Å². The highest BCUT2D eigenvalue weighted by Gasteiger charge is 2.31. The molecule has 0 aliphatic carbocycles. The number of carbonyl (C=O) groups is 1. The number of nitrogens with zero attached hydrogens (tertiary/aromatic N) is 2. The molecule has 0 spiro atoms. The highest BCUT2D eigenvalue weighted by Crippen LogP contribution is 2.32. The first kappa shape index (κ1) is 14.1. The molecule has 1 fully saturated rings. The molecule has 1 aliphatic heterocycles. The Balaban J connectivity index is 1.95. The zero-order valence-corrected chi connectivity index (χ0v) is 12.5. The van der Waals surface area contributed by atoms with Crippen LogP contribution in [0.5, 0.6) is 0 Å². The minimum absolute atomic E-state index is 0.124. The van der Waals surface area contributed by atoms with E-state index < -0.39 is 5.97 Å². The maximum absolute atomic E-state index is 11.2. The first-order valence-corrected chi connectivity index (χ1v) is 7.46. The van der Waals surface area contributed by atoms with Crippen molar-refractivity contribution in [2.45, 2.75) is 13.3 Å². The molecule has 1 N–H and O–H groups in total. The summed E-state index contributed by atoms with van der Waals surface area (Å²) >= 11 is 6.10. The zero-order valence-electron chi connectivity index (χ0n) is 11.8. The summed E-state index contributed by atoms with van der Waals surface area (Å²) in [4.78, 5) is 17.8. The smallest absolute Gasteiger partial charge is 0.306 e. The summed E-state index contributed by atoms with van der Waals surface area (Å²) < 4.78 is 0. The number of aromatic nitrogens is 1. The van der Waals surface area contributed by atoms with E-state index in [2.05, 4.69) is 9.88 Å². The van der Waals surface area contributed by atoms with Crippen molar-refractivity contribution in [3.63, 3.8) is 0 Å². The lowest BCUT2D eigenvalue weighted by Gasteiger charge is -2.36. The molecule has 0 bridgehead atoms. The fourth-order valence-electron chi connectivity index (χ4n) is 3.11. The molecule has 1 saturated heterocycles. The van der Waals surface area contributed by atoms with Gasteiger partial charge in [-0.1, -0.05) is 18.5 Å². The fourth-order valence-corrected chi connectivity index (χ4v) is 3.28. The second-order valence-electron chi connectivity index (χ2n) is 5.65. The van der Waals surface area contributed by atoms with Crippen molar-refractivity contribution < 1.29 is 9.90 Å². The Bertz CT molecular complexity index is 689. The van der Waals surface area contributed by atoms with Gasteiger partial charge in [0.25, 0.3) is 0 Å². The molecular formula is C16H17ClN2O2. The van der Waals surface area contributed by atoms with Crippen LogP contribution in [0.2, 0.25) is 5.02 Å². The van der Waals surface area contributed by atoms with Crippen molar-refractivity contribution in [1.82, 2.24) is 4.98 Å². The van der Waals surface area contributed by atoms with E-state index in [0.717, 1.165) is 29.7 Å². The SMILES string of the molecule is CC1CN(c2ccnc3ccc(Cl)cc23)CCC1C(=O)O. The van der Waals surface area contributed by atoms with Crippen LogP contribution in [0.4, 0.5) is 5.69 Å². The van der Waals surface area contributed by atoms with E-state index in [-0.39, 0.29) is 11.8 Å². The van der Waals surface area contributed by atoms with Gasteiger partial charge in [-0.05, 0) is 36.6 Å². The number of fused-ring (bicyclic) bond motifs is 1. The highest BCUT2D eigenvalue weighted by atomic mass is 35.5. The number of halogens is 1. The van der Waals surface area contributed by atoms with Crippen LogP contribution >= 0.6 is 11.6 Å². The molecule has 1 aliphatic rings. The van der Waals surface area contributed by atoms with Gasteiger partial charge in [0.2, 0.25) is 0 Å². The van der Waals surface area contributed by atoms with Crippen molar-refractivity contribution in [1.29, 1.82) is 0 Å². The lowest BCUT2D eigenvalue weighted by atomic mass is 9.86. The molecule has 0 saturated carbocycles. The summed E-state index contributed by atoms with van der Waals surface area (Å²) in [7, 11) is 0. The van der Waals surface area contributed by atoms with Gasteiger partial charge in [-0.3, -0.25) is 9.78 Å².